The predicted molar refractivity (Wildman–Crippen MR) is 61.2 cm³/mol. The Kier molecular flexibility index (Phi) is 8.84. The van der Waals surface area contributed by atoms with Crippen LogP contribution in [0.15, 0.2) is 0 Å². The van der Waals surface area contributed by atoms with E-state index < -0.39 is 27.8 Å². The second-order valence-electron chi connectivity index (χ2n) is 3.72. The van der Waals surface area contributed by atoms with Crippen molar-refractivity contribution in [2.45, 2.75) is 37.6 Å². The SMILES string of the molecule is CO[Si](CC(F)C(F)CCCCF)(OC)OC. The lowest BCUT2D eigenvalue weighted by Crippen LogP contribution is -2.46. The number of hydrogen-bond donors (Lipinski definition) is 0. The molecule has 2 atom stereocenters. The van der Waals surface area contributed by atoms with Gasteiger partial charge in [-0.2, -0.15) is 0 Å². The van der Waals surface area contributed by atoms with E-state index in [1.165, 1.54) is 21.3 Å². The summed E-state index contributed by atoms with van der Waals surface area (Å²) in [4.78, 5) is 0. The summed E-state index contributed by atoms with van der Waals surface area (Å²) in [6, 6.07) is -0.229. The average molecular weight is 274 g/mol. The molecule has 0 aliphatic carbocycles. The van der Waals surface area contributed by atoms with E-state index >= 15 is 0 Å². The van der Waals surface area contributed by atoms with Crippen molar-refractivity contribution in [3.05, 3.63) is 0 Å². The topological polar surface area (TPSA) is 27.7 Å². The molecule has 0 radical (unpaired) electrons. The normalized spacial score (nSPS) is 15.9. The Morgan fingerprint density at radius 1 is 0.941 bits per heavy atom. The van der Waals surface area contributed by atoms with Crippen LogP contribution in [0, 0.1) is 0 Å². The first-order valence-electron chi connectivity index (χ1n) is 5.54. The van der Waals surface area contributed by atoms with Crippen LogP contribution < -0.4 is 0 Å². The molecule has 0 aliphatic rings. The van der Waals surface area contributed by atoms with Crippen molar-refractivity contribution in [1.82, 2.24) is 0 Å². The van der Waals surface area contributed by atoms with E-state index in [-0.39, 0.29) is 18.9 Å². The smallest absolute Gasteiger partial charge is 0.377 e. The quantitative estimate of drug-likeness (QED) is 0.453. The van der Waals surface area contributed by atoms with Crippen molar-refractivity contribution < 1.29 is 26.4 Å². The van der Waals surface area contributed by atoms with Gasteiger partial charge in [0.15, 0.2) is 0 Å². The third-order valence-electron chi connectivity index (χ3n) is 2.63. The number of rotatable bonds is 10. The highest BCUT2D eigenvalue weighted by atomic mass is 28.4. The van der Waals surface area contributed by atoms with Gasteiger partial charge in [-0.3, -0.25) is 4.39 Å². The molecule has 0 amide bonds. The summed E-state index contributed by atoms with van der Waals surface area (Å²) in [5.74, 6) is 0. The summed E-state index contributed by atoms with van der Waals surface area (Å²) in [6.45, 7) is -0.503. The Morgan fingerprint density at radius 3 is 1.88 bits per heavy atom. The minimum Gasteiger partial charge on any atom is -0.377 e. The highest BCUT2D eigenvalue weighted by Gasteiger charge is 2.43. The van der Waals surface area contributed by atoms with Gasteiger partial charge in [0.25, 0.3) is 0 Å². The molecular weight excluding hydrogens is 253 g/mol. The van der Waals surface area contributed by atoms with E-state index in [0.29, 0.717) is 6.42 Å². The summed E-state index contributed by atoms with van der Waals surface area (Å²) in [7, 11) is 0.969. The van der Waals surface area contributed by atoms with Crippen molar-refractivity contribution >= 4 is 8.80 Å². The fraction of sp³-hybridized carbons (Fsp3) is 1.00. The van der Waals surface area contributed by atoms with Crippen LogP contribution >= 0.6 is 0 Å². The Morgan fingerprint density at radius 2 is 1.47 bits per heavy atom. The molecule has 2 unspecified atom stereocenters. The fourth-order valence-corrected chi connectivity index (χ4v) is 3.21. The maximum atomic E-state index is 13.6. The molecule has 104 valence electrons. The van der Waals surface area contributed by atoms with Crippen LogP contribution in [0.2, 0.25) is 6.04 Å². The number of alkyl halides is 3. The molecule has 0 spiro atoms. The van der Waals surface area contributed by atoms with Crippen molar-refractivity contribution in [1.29, 1.82) is 0 Å². The van der Waals surface area contributed by atoms with Gasteiger partial charge in [0, 0.05) is 21.3 Å². The van der Waals surface area contributed by atoms with Crippen molar-refractivity contribution in [2.24, 2.45) is 0 Å². The average Bonchev–Trinajstić information content (AvgIpc) is 2.36. The minimum absolute atomic E-state index is 0.00666. The third-order valence-corrected chi connectivity index (χ3v) is 5.39. The van der Waals surface area contributed by atoms with Gasteiger partial charge in [0.2, 0.25) is 0 Å². The van der Waals surface area contributed by atoms with Crippen LogP contribution in [0.25, 0.3) is 0 Å². The van der Waals surface area contributed by atoms with Crippen molar-refractivity contribution in [3.63, 3.8) is 0 Å². The summed E-state index contributed by atoms with van der Waals surface area (Å²) in [6.07, 6.45) is -2.74. The van der Waals surface area contributed by atoms with Gasteiger partial charge < -0.3 is 13.3 Å². The van der Waals surface area contributed by atoms with Gasteiger partial charge in [-0.05, 0) is 19.3 Å². The Balaban J connectivity index is 4.15. The van der Waals surface area contributed by atoms with E-state index in [2.05, 4.69) is 0 Å². The van der Waals surface area contributed by atoms with Gasteiger partial charge in [-0.15, -0.1) is 0 Å². The molecule has 7 heteroatoms. The number of hydrogen-bond acceptors (Lipinski definition) is 3. The van der Waals surface area contributed by atoms with Crippen LogP contribution in [0.5, 0.6) is 0 Å². The highest BCUT2D eigenvalue weighted by Crippen LogP contribution is 2.23. The predicted octanol–water partition coefficient (Wildman–Crippen LogP) is 2.68. The van der Waals surface area contributed by atoms with Crippen LogP contribution in [0.1, 0.15) is 19.3 Å². The maximum Gasteiger partial charge on any atom is 0.503 e. The van der Waals surface area contributed by atoms with E-state index in [1.807, 2.05) is 0 Å². The molecule has 0 saturated carbocycles. The molecule has 0 saturated heterocycles. The van der Waals surface area contributed by atoms with E-state index in [0.717, 1.165) is 0 Å². The Hall–Kier alpha value is -0.113. The zero-order valence-electron chi connectivity index (χ0n) is 10.5. The molecule has 0 aromatic rings. The van der Waals surface area contributed by atoms with Gasteiger partial charge in [-0.25, -0.2) is 8.78 Å². The van der Waals surface area contributed by atoms with Crippen molar-refractivity contribution in [3.8, 4) is 0 Å². The molecule has 0 bridgehead atoms. The molecule has 0 rings (SSSR count). The van der Waals surface area contributed by atoms with Crippen LogP contribution in [-0.4, -0.2) is 49.2 Å². The van der Waals surface area contributed by atoms with E-state index in [4.69, 9.17) is 13.3 Å². The molecule has 0 heterocycles. The third kappa shape index (κ3) is 5.85. The molecular formula is C10H21F3O3Si. The molecule has 0 N–H and O–H groups in total. The fourth-order valence-electron chi connectivity index (χ4n) is 1.48. The van der Waals surface area contributed by atoms with Crippen LogP contribution in [0.4, 0.5) is 13.2 Å². The number of halogens is 3. The molecule has 3 nitrogen and oxygen atoms in total. The lowest BCUT2D eigenvalue weighted by molar-refractivity contribution is 0.0949. The van der Waals surface area contributed by atoms with E-state index in [1.54, 1.807) is 0 Å². The van der Waals surface area contributed by atoms with Crippen molar-refractivity contribution in [2.75, 3.05) is 28.0 Å². The summed E-state index contributed by atoms with van der Waals surface area (Å²) < 4.78 is 53.9. The molecule has 0 aromatic heterocycles. The monoisotopic (exact) mass is 274 g/mol. The first kappa shape index (κ1) is 16.9. The first-order chi connectivity index (χ1) is 8.05. The second kappa shape index (κ2) is 8.90. The lowest BCUT2D eigenvalue weighted by atomic mass is 10.1. The zero-order chi connectivity index (χ0) is 13.3. The lowest BCUT2D eigenvalue weighted by Gasteiger charge is -2.26. The summed E-state index contributed by atoms with van der Waals surface area (Å²) in [5, 5.41) is 0. The zero-order valence-corrected chi connectivity index (χ0v) is 11.5. The Labute approximate surface area is 102 Å². The minimum atomic E-state index is -3.08. The molecule has 0 aliphatic heterocycles. The van der Waals surface area contributed by atoms with Gasteiger partial charge >= 0.3 is 8.80 Å². The standard InChI is InChI=1S/C10H21F3O3Si/c1-14-17(15-2,16-3)8-10(13)9(12)6-4-5-7-11/h9-10H,4-8H2,1-3H3. The van der Waals surface area contributed by atoms with Crippen LogP contribution in [-0.2, 0) is 13.3 Å². The van der Waals surface area contributed by atoms with Crippen LogP contribution in [0.3, 0.4) is 0 Å². The summed E-state index contributed by atoms with van der Waals surface area (Å²) in [5.41, 5.74) is 0. The largest absolute Gasteiger partial charge is 0.503 e. The van der Waals surface area contributed by atoms with Gasteiger partial charge in [0.05, 0.1) is 12.7 Å². The first-order valence-corrected chi connectivity index (χ1v) is 7.48. The van der Waals surface area contributed by atoms with Gasteiger partial charge in [0.1, 0.15) is 12.3 Å². The molecule has 0 fully saturated rings. The number of unbranched alkanes of at least 4 members (excludes halogenated alkanes) is 1. The highest BCUT2D eigenvalue weighted by molar-refractivity contribution is 6.60. The Bertz CT molecular complexity index is 185. The maximum absolute atomic E-state index is 13.6. The van der Waals surface area contributed by atoms with E-state index in [9.17, 15) is 13.2 Å². The molecule has 17 heavy (non-hydrogen) atoms. The summed E-state index contributed by atoms with van der Waals surface area (Å²) >= 11 is 0. The van der Waals surface area contributed by atoms with Gasteiger partial charge in [-0.1, -0.05) is 0 Å². The molecule has 0 aromatic carbocycles. The second-order valence-corrected chi connectivity index (χ2v) is 6.72.